The van der Waals surface area contributed by atoms with E-state index in [0.29, 0.717) is 17.5 Å². The summed E-state index contributed by atoms with van der Waals surface area (Å²) in [5.74, 6) is 1.55. The number of furan rings is 2. The minimum Gasteiger partial charge on any atom is -0.491 e. The van der Waals surface area contributed by atoms with Gasteiger partial charge in [0, 0.05) is 33.7 Å². The number of rotatable bonds is 6. The van der Waals surface area contributed by atoms with Crippen LogP contribution in [0.4, 0.5) is 0 Å². The second-order valence-corrected chi connectivity index (χ2v) is 14.3. The molecular formula is C46H34N2O3Pt. The average molecular weight is 858 g/mol. The molecule has 52 heavy (non-hydrogen) atoms. The smallest absolute Gasteiger partial charge is 0.491 e. The van der Waals surface area contributed by atoms with Crippen molar-refractivity contribution in [2.75, 3.05) is 0 Å². The first-order chi connectivity index (χ1) is 24.8. The van der Waals surface area contributed by atoms with Crippen LogP contribution in [-0.2, 0) is 27.5 Å². The number of aryl methyl sites for hydroxylation is 1. The van der Waals surface area contributed by atoms with Gasteiger partial charge in [-0.15, -0.1) is 53.4 Å². The van der Waals surface area contributed by atoms with E-state index in [-0.39, 0.29) is 26.5 Å². The van der Waals surface area contributed by atoms with Crippen LogP contribution in [0.1, 0.15) is 31.9 Å². The average Bonchev–Trinajstić information content (AvgIpc) is 3.68. The van der Waals surface area contributed by atoms with E-state index in [2.05, 4.69) is 82.3 Å². The third-order valence-corrected chi connectivity index (χ3v) is 9.25. The number of aromatic nitrogens is 2. The van der Waals surface area contributed by atoms with Gasteiger partial charge in [-0.2, -0.15) is 0 Å². The number of fused-ring (bicyclic) bond motifs is 6. The van der Waals surface area contributed by atoms with Crippen LogP contribution in [0.5, 0.6) is 11.8 Å². The SMILES string of the molecule is Cc1c(-c2cc(Oc3cccc(-c4[c-]cccc4)n3)nc(-c3[c-]c4ccccc4c4c3oc3cc(CC(C)(C)C)ccc34)c2)oc2ccccc12.[Pt+2]. The Labute approximate surface area is 316 Å². The van der Waals surface area contributed by atoms with Crippen molar-refractivity contribution < 1.29 is 34.6 Å². The molecule has 4 aromatic heterocycles. The zero-order chi connectivity index (χ0) is 34.7. The molecule has 5 nitrogen and oxygen atoms in total. The van der Waals surface area contributed by atoms with Crippen LogP contribution in [0.15, 0.2) is 130 Å². The maximum Gasteiger partial charge on any atom is 2.00 e. The number of hydrogen-bond donors (Lipinski definition) is 0. The molecule has 0 amide bonds. The zero-order valence-electron chi connectivity index (χ0n) is 29.2. The first kappa shape index (κ1) is 33.6. The Balaban J connectivity index is 0.00000387. The van der Waals surface area contributed by atoms with Crippen LogP contribution in [0.25, 0.3) is 77.5 Å². The van der Waals surface area contributed by atoms with Crippen molar-refractivity contribution >= 4 is 43.7 Å². The summed E-state index contributed by atoms with van der Waals surface area (Å²) in [5.41, 5.74) is 8.69. The van der Waals surface area contributed by atoms with E-state index in [0.717, 1.165) is 83.8 Å². The molecule has 0 aliphatic heterocycles. The Hall–Kier alpha value is -5.51. The Morgan fingerprint density at radius 3 is 2.29 bits per heavy atom. The van der Waals surface area contributed by atoms with Crippen LogP contribution in [0.2, 0.25) is 0 Å². The first-order valence-corrected chi connectivity index (χ1v) is 17.2. The van der Waals surface area contributed by atoms with Gasteiger partial charge in [0.25, 0.3) is 0 Å². The van der Waals surface area contributed by atoms with E-state index < -0.39 is 0 Å². The molecular weight excluding hydrogens is 824 g/mol. The molecule has 0 saturated carbocycles. The van der Waals surface area contributed by atoms with Gasteiger partial charge in [0.1, 0.15) is 16.9 Å². The molecule has 0 bridgehead atoms. The van der Waals surface area contributed by atoms with Gasteiger partial charge >= 0.3 is 21.1 Å². The van der Waals surface area contributed by atoms with Crippen molar-refractivity contribution in [3.05, 3.63) is 145 Å². The van der Waals surface area contributed by atoms with Gasteiger partial charge in [-0.05, 0) is 53.6 Å². The molecule has 5 aromatic carbocycles. The van der Waals surface area contributed by atoms with Crippen LogP contribution >= 0.6 is 0 Å². The monoisotopic (exact) mass is 857 g/mol. The summed E-state index contributed by atoms with van der Waals surface area (Å²) in [5, 5.41) is 5.22. The van der Waals surface area contributed by atoms with Crippen molar-refractivity contribution in [1.82, 2.24) is 9.97 Å². The third kappa shape index (κ3) is 6.20. The Bertz CT molecular complexity index is 2760. The Kier molecular flexibility index (Phi) is 8.56. The normalized spacial score (nSPS) is 11.8. The Morgan fingerprint density at radius 2 is 1.48 bits per heavy atom. The van der Waals surface area contributed by atoms with Gasteiger partial charge in [-0.3, -0.25) is 9.97 Å². The van der Waals surface area contributed by atoms with E-state index in [1.165, 1.54) is 5.56 Å². The fourth-order valence-electron chi connectivity index (χ4n) is 7.04. The van der Waals surface area contributed by atoms with E-state index >= 15 is 0 Å². The van der Waals surface area contributed by atoms with Crippen molar-refractivity contribution in [3.8, 4) is 45.6 Å². The summed E-state index contributed by atoms with van der Waals surface area (Å²) in [6.45, 7) is 8.84. The predicted molar refractivity (Wildman–Crippen MR) is 205 cm³/mol. The van der Waals surface area contributed by atoms with Crippen molar-refractivity contribution in [2.24, 2.45) is 5.41 Å². The van der Waals surface area contributed by atoms with Gasteiger partial charge in [0.15, 0.2) is 0 Å². The fraction of sp³-hybridized carbons (Fsp3) is 0.130. The number of nitrogens with zero attached hydrogens (tertiary/aromatic N) is 2. The molecule has 9 rings (SSSR count). The molecule has 0 unspecified atom stereocenters. The van der Waals surface area contributed by atoms with E-state index in [9.17, 15) is 0 Å². The van der Waals surface area contributed by atoms with Crippen LogP contribution in [0, 0.1) is 24.5 Å². The molecule has 0 aliphatic carbocycles. The molecule has 0 aliphatic rings. The van der Waals surface area contributed by atoms with Crippen molar-refractivity contribution in [1.29, 1.82) is 0 Å². The number of pyridine rings is 2. The van der Waals surface area contributed by atoms with E-state index in [1.54, 1.807) is 0 Å². The maximum absolute atomic E-state index is 6.79. The van der Waals surface area contributed by atoms with Gasteiger partial charge in [0.2, 0.25) is 11.8 Å². The summed E-state index contributed by atoms with van der Waals surface area (Å²) >= 11 is 0. The second-order valence-electron chi connectivity index (χ2n) is 14.3. The topological polar surface area (TPSA) is 61.3 Å². The second kappa shape index (κ2) is 13.2. The van der Waals surface area contributed by atoms with Crippen LogP contribution < -0.4 is 4.74 Å². The Morgan fingerprint density at radius 1 is 0.692 bits per heavy atom. The number of ether oxygens (including phenoxy) is 1. The quantitative estimate of drug-likeness (QED) is 0.156. The van der Waals surface area contributed by atoms with Crippen LogP contribution in [0.3, 0.4) is 0 Å². The standard InChI is InChI=1S/C46H34N2O3.Pt/c1-28-33-16-10-11-19-39(33)49-44(28)32-25-38(48-42(26-32)51-41-20-12-18-37(47-41)30-13-6-5-7-14-30)36-24-31-15-8-9-17-34(31)43-35-22-21-29(27-46(2,3)4)23-40(35)50-45(36)43;/h5-13,15-23,25-26H,27H2,1-4H3;/q-2;+2. The maximum atomic E-state index is 6.79. The molecule has 0 spiro atoms. The number of benzene rings is 5. The van der Waals surface area contributed by atoms with Gasteiger partial charge < -0.3 is 13.6 Å². The van der Waals surface area contributed by atoms with Gasteiger partial charge in [-0.1, -0.05) is 98.5 Å². The fourth-order valence-corrected chi connectivity index (χ4v) is 7.04. The molecule has 256 valence electrons. The third-order valence-electron chi connectivity index (χ3n) is 9.25. The van der Waals surface area contributed by atoms with Gasteiger partial charge in [-0.25, -0.2) is 0 Å². The molecule has 0 fully saturated rings. The molecule has 6 heteroatoms. The van der Waals surface area contributed by atoms with E-state index in [4.69, 9.17) is 23.5 Å². The van der Waals surface area contributed by atoms with Crippen molar-refractivity contribution in [2.45, 2.75) is 34.1 Å². The zero-order valence-corrected chi connectivity index (χ0v) is 31.5. The molecule has 0 saturated heterocycles. The molecule has 0 radical (unpaired) electrons. The van der Waals surface area contributed by atoms with Gasteiger partial charge in [0.05, 0.1) is 5.58 Å². The molecule has 0 atom stereocenters. The summed E-state index contributed by atoms with van der Waals surface area (Å²) in [7, 11) is 0. The summed E-state index contributed by atoms with van der Waals surface area (Å²) in [4.78, 5) is 9.91. The molecule has 4 heterocycles. The molecule has 0 N–H and O–H groups in total. The minimum atomic E-state index is 0. The predicted octanol–water partition coefficient (Wildman–Crippen LogP) is 12.6. The first-order valence-electron chi connectivity index (χ1n) is 17.2. The number of para-hydroxylation sites is 1. The largest absolute Gasteiger partial charge is 2.00 e. The number of hydrogen-bond acceptors (Lipinski definition) is 5. The van der Waals surface area contributed by atoms with Crippen molar-refractivity contribution in [3.63, 3.8) is 0 Å². The van der Waals surface area contributed by atoms with E-state index in [1.807, 2.05) is 78.9 Å². The summed E-state index contributed by atoms with van der Waals surface area (Å²) in [6, 6.07) is 47.3. The molecule has 9 aromatic rings. The summed E-state index contributed by atoms with van der Waals surface area (Å²) in [6.07, 6.45) is 0.943. The summed E-state index contributed by atoms with van der Waals surface area (Å²) < 4.78 is 19.7. The van der Waals surface area contributed by atoms with Crippen LogP contribution in [-0.4, -0.2) is 9.97 Å². The minimum absolute atomic E-state index is 0.